The molecule has 0 unspecified atom stereocenters. The quantitative estimate of drug-likeness (QED) is 0.239. The third-order valence-electron chi connectivity index (χ3n) is 4.74. The maximum Gasteiger partial charge on any atom is 0.422 e. The molecule has 0 spiro atoms. The van der Waals surface area contributed by atoms with Crippen LogP contribution in [0.5, 0.6) is 23.0 Å². The number of anilines is 2. The van der Waals surface area contributed by atoms with Gasteiger partial charge in [0.2, 0.25) is 0 Å². The molecule has 0 bridgehead atoms. The van der Waals surface area contributed by atoms with Crippen LogP contribution in [0.2, 0.25) is 0 Å². The Balaban J connectivity index is 2.27. The summed E-state index contributed by atoms with van der Waals surface area (Å²) in [6, 6.07) is -0.801. The number of hydrogen-bond donors (Lipinski definition) is 2. The van der Waals surface area contributed by atoms with Crippen LogP contribution in [0.3, 0.4) is 0 Å². The van der Waals surface area contributed by atoms with E-state index < -0.39 is 105 Å². The number of rotatable bonds is 4. The Morgan fingerprint density at radius 2 is 0.846 bits per heavy atom. The number of nitrogens with two attached hydrogens (primary N) is 2. The second kappa shape index (κ2) is 9.57. The first kappa shape index (κ1) is 29.4. The standard InChI is InChI=1S/C21H8F14N2O2/c22-6-1-5(19(27,28)29)9(38-11-2-7(36)15(23)17(25)13(11)20(30,31)32)4-10(6)39-12-3-8(37)16(24)18(26)14(12)21(33,34)35/h1-4H,36-37H2. The lowest BCUT2D eigenvalue weighted by Gasteiger charge is -2.20. The highest BCUT2D eigenvalue weighted by Crippen LogP contribution is 2.48. The third kappa shape index (κ3) is 5.68. The van der Waals surface area contributed by atoms with Crippen molar-refractivity contribution in [1.82, 2.24) is 0 Å². The summed E-state index contributed by atoms with van der Waals surface area (Å²) >= 11 is 0. The minimum Gasteiger partial charge on any atom is -0.456 e. The first-order valence-corrected chi connectivity index (χ1v) is 9.60. The number of benzene rings is 3. The van der Waals surface area contributed by atoms with Crippen molar-refractivity contribution in [2.24, 2.45) is 0 Å². The summed E-state index contributed by atoms with van der Waals surface area (Å²) in [7, 11) is 0. The van der Waals surface area contributed by atoms with Crippen molar-refractivity contribution in [3.63, 3.8) is 0 Å². The van der Waals surface area contributed by atoms with Crippen molar-refractivity contribution in [3.8, 4) is 23.0 Å². The Hall–Kier alpha value is -4.12. The van der Waals surface area contributed by atoms with Crippen LogP contribution in [-0.2, 0) is 18.5 Å². The van der Waals surface area contributed by atoms with Crippen LogP contribution in [0.15, 0.2) is 24.3 Å². The summed E-state index contributed by atoms with van der Waals surface area (Å²) in [5.41, 5.74) is 0.0582. The van der Waals surface area contributed by atoms with E-state index in [0.717, 1.165) is 0 Å². The molecule has 0 aliphatic heterocycles. The molecule has 0 radical (unpaired) electrons. The van der Waals surface area contributed by atoms with Gasteiger partial charge in [-0.1, -0.05) is 0 Å². The van der Waals surface area contributed by atoms with E-state index in [4.69, 9.17) is 11.5 Å². The summed E-state index contributed by atoms with van der Waals surface area (Å²) in [5, 5.41) is 0. The van der Waals surface area contributed by atoms with E-state index in [1.807, 2.05) is 0 Å². The van der Waals surface area contributed by atoms with Gasteiger partial charge in [-0.2, -0.15) is 39.5 Å². The van der Waals surface area contributed by atoms with Crippen molar-refractivity contribution < 1.29 is 70.9 Å². The van der Waals surface area contributed by atoms with Crippen LogP contribution >= 0.6 is 0 Å². The molecule has 0 saturated carbocycles. The first-order chi connectivity index (χ1) is 17.6. The zero-order valence-corrected chi connectivity index (χ0v) is 18.1. The number of alkyl halides is 9. The topological polar surface area (TPSA) is 70.5 Å². The molecule has 3 rings (SSSR count). The lowest BCUT2D eigenvalue weighted by atomic mass is 10.1. The van der Waals surface area contributed by atoms with Gasteiger partial charge in [-0.3, -0.25) is 0 Å². The Morgan fingerprint density at radius 3 is 1.21 bits per heavy atom. The third-order valence-corrected chi connectivity index (χ3v) is 4.74. The number of ether oxygens (including phenoxy) is 2. The minimum atomic E-state index is -5.80. The van der Waals surface area contributed by atoms with Gasteiger partial charge in [0.05, 0.1) is 11.4 Å². The lowest BCUT2D eigenvalue weighted by Crippen LogP contribution is -2.15. The summed E-state index contributed by atoms with van der Waals surface area (Å²) < 4.78 is 199. The SMILES string of the molecule is Nc1cc(Oc2cc(Oc3cc(N)c(F)c(F)c3C(F)(F)F)c(C(F)(F)F)cc2F)c(C(F)(F)F)c(F)c1F. The molecule has 0 saturated heterocycles. The molecule has 0 atom stereocenters. The van der Waals surface area contributed by atoms with E-state index in [1.165, 1.54) is 0 Å². The van der Waals surface area contributed by atoms with Crippen LogP contribution in [0.25, 0.3) is 0 Å². The van der Waals surface area contributed by atoms with Crippen LogP contribution in [-0.4, -0.2) is 0 Å². The van der Waals surface area contributed by atoms with Gasteiger partial charge >= 0.3 is 18.5 Å². The average molecular weight is 586 g/mol. The Labute approximate surface area is 206 Å². The van der Waals surface area contributed by atoms with Crippen molar-refractivity contribution in [3.05, 3.63) is 70.0 Å². The molecular formula is C21H8F14N2O2. The Kier molecular flexibility index (Phi) is 7.22. The molecule has 18 heteroatoms. The highest BCUT2D eigenvalue weighted by Gasteiger charge is 2.43. The monoisotopic (exact) mass is 586 g/mol. The second-order valence-electron chi connectivity index (χ2n) is 7.41. The van der Waals surface area contributed by atoms with E-state index in [9.17, 15) is 61.5 Å². The van der Waals surface area contributed by atoms with Gasteiger partial charge in [-0.05, 0) is 6.07 Å². The van der Waals surface area contributed by atoms with Crippen LogP contribution in [0, 0.1) is 29.1 Å². The predicted molar refractivity (Wildman–Crippen MR) is 103 cm³/mol. The average Bonchev–Trinajstić information content (AvgIpc) is 2.75. The fourth-order valence-electron chi connectivity index (χ4n) is 3.09. The van der Waals surface area contributed by atoms with Gasteiger partial charge in [0.25, 0.3) is 0 Å². The van der Waals surface area contributed by atoms with Gasteiger partial charge in [0.15, 0.2) is 34.8 Å². The molecule has 4 N–H and O–H groups in total. The lowest BCUT2D eigenvalue weighted by molar-refractivity contribution is -0.142. The van der Waals surface area contributed by atoms with E-state index in [1.54, 1.807) is 0 Å². The van der Waals surface area contributed by atoms with Gasteiger partial charge in [0.1, 0.15) is 33.9 Å². The fraction of sp³-hybridized carbons (Fsp3) is 0.143. The highest BCUT2D eigenvalue weighted by atomic mass is 19.4. The molecule has 212 valence electrons. The largest absolute Gasteiger partial charge is 0.456 e. The fourth-order valence-corrected chi connectivity index (χ4v) is 3.09. The zero-order chi connectivity index (χ0) is 29.8. The predicted octanol–water partition coefficient (Wildman–Crippen LogP) is 8.19. The summed E-state index contributed by atoms with van der Waals surface area (Å²) in [5.74, 6) is -19.0. The van der Waals surface area contributed by atoms with Crippen molar-refractivity contribution in [2.45, 2.75) is 18.5 Å². The van der Waals surface area contributed by atoms with E-state index in [0.29, 0.717) is 0 Å². The van der Waals surface area contributed by atoms with Gasteiger partial charge in [-0.25, -0.2) is 22.0 Å². The van der Waals surface area contributed by atoms with E-state index >= 15 is 0 Å². The normalized spacial score (nSPS) is 12.6. The molecule has 0 heterocycles. The molecule has 0 fully saturated rings. The van der Waals surface area contributed by atoms with Gasteiger partial charge in [0, 0.05) is 18.2 Å². The van der Waals surface area contributed by atoms with Crippen LogP contribution < -0.4 is 20.9 Å². The maximum absolute atomic E-state index is 14.5. The summed E-state index contributed by atoms with van der Waals surface area (Å²) in [6.07, 6.45) is -17.2. The molecule has 3 aromatic rings. The molecule has 4 nitrogen and oxygen atoms in total. The Bertz CT molecular complexity index is 1450. The van der Waals surface area contributed by atoms with Crippen LogP contribution in [0.4, 0.5) is 72.8 Å². The van der Waals surface area contributed by atoms with Crippen molar-refractivity contribution >= 4 is 11.4 Å². The summed E-state index contributed by atoms with van der Waals surface area (Å²) in [4.78, 5) is 0. The van der Waals surface area contributed by atoms with Crippen molar-refractivity contribution in [1.29, 1.82) is 0 Å². The summed E-state index contributed by atoms with van der Waals surface area (Å²) in [6.45, 7) is 0. The van der Waals surface area contributed by atoms with Crippen LogP contribution in [0.1, 0.15) is 16.7 Å². The zero-order valence-electron chi connectivity index (χ0n) is 18.1. The molecule has 39 heavy (non-hydrogen) atoms. The maximum atomic E-state index is 14.5. The molecule has 0 aliphatic rings. The molecule has 0 amide bonds. The van der Waals surface area contributed by atoms with Crippen molar-refractivity contribution in [2.75, 3.05) is 11.5 Å². The van der Waals surface area contributed by atoms with E-state index in [-0.39, 0.29) is 18.2 Å². The van der Waals surface area contributed by atoms with E-state index in [2.05, 4.69) is 9.47 Å². The highest BCUT2D eigenvalue weighted by molar-refractivity contribution is 5.56. The Morgan fingerprint density at radius 1 is 0.462 bits per heavy atom. The smallest absolute Gasteiger partial charge is 0.422 e. The first-order valence-electron chi connectivity index (χ1n) is 9.60. The molecule has 0 aromatic heterocycles. The van der Waals surface area contributed by atoms with Gasteiger partial charge < -0.3 is 20.9 Å². The molecule has 0 aliphatic carbocycles. The second-order valence-corrected chi connectivity index (χ2v) is 7.41. The number of hydrogen-bond acceptors (Lipinski definition) is 4. The number of halogens is 14. The molecular weight excluding hydrogens is 578 g/mol. The van der Waals surface area contributed by atoms with Gasteiger partial charge in [-0.15, -0.1) is 0 Å². The number of nitrogen functional groups attached to an aromatic ring is 2. The minimum absolute atomic E-state index is 0.00329. The molecule has 3 aromatic carbocycles.